The number of morpholine rings is 1. The molecule has 0 unspecified atom stereocenters. The van der Waals surface area contributed by atoms with Gasteiger partial charge in [-0.1, -0.05) is 12.1 Å². The lowest BCUT2D eigenvalue weighted by Crippen LogP contribution is -2.47. The number of hydrogen-bond acceptors (Lipinski definition) is 7. The van der Waals surface area contributed by atoms with E-state index < -0.39 is 6.10 Å². The Morgan fingerprint density at radius 2 is 2.11 bits per heavy atom. The van der Waals surface area contributed by atoms with Crippen molar-refractivity contribution in [1.29, 1.82) is 0 Å². The van der Waals surface area contributed by atoms with Crippen LogP contribution in [0.4, 0.5) is 10.8 Å². The molecular weight excluding hydrogens is 380 g/mol. The highest BCUT2D eigenvalue weighted by atomic mass is 32.1. The van der Waals surface area contributed by atoms with Crippen LogP contribution in [-0.4, -0.2) is 60.7 Å². The van der Waals surface area contributed by atoms with Crippen LogP contribution in [0.25, 0.3) is 0 Å². The lowest BCUT2D eigenvalue weighted by Gasteiger charge is -2.32. The maximum atomic E-state index is 12.5. The summed E-state index contributed by atoms with van der Waals surface area (Å²) in [5.74, 6) is 0.0787. The van der Waals surface area contributed by atoms with Crippen LogP contribution in [0, 0.1) is 0 Å². The number of anilines is 2. The molecular formula is C19H22N4O4S. The quantitative estimate of drug-likeness (QED) is 0.820. The number of benzene rings is 1. The van der Waals surface area contributed by atoms with Crippen LogP contribution < -0.4 is 15.0 Å². The van der Waals surface area contributed by atoms with E-state index >= 15 is 0 Å². The minimum atomic E-state index is -0.623. The van der Waals surface area contributed by atoms with E-state index in [2.05, 4.69) is 15.2 Å². The number of rotatable bonds is 5. The molecule has 0 saturated carbocycles. The van der Waals surface area contributed by atoms with Crippen molar-refractivity contribution in [3.63, 3.8) is 0 Å². The zero-order chi connectivity index (χ0) is 19.5. The number of hydrogen-bond donors (Lipinski definition) is 1. The van der Waals surface area contributed by atoms with Crippen molar-refractivity contribution >= 4 is 34.0 Å². The van der Waals surface area contributed by atoms with Crippen LogP contribution in [-0.2, 0) is 20.9 Å². The molecule has 0 radical (unpaired) electrons. The zero-order valence-corrected chi connectivity index (χ0v) is 16.4. The molecule has 1 atom stereocenters. The van der Waals surface area contributed by atoms with Crippen molar-refractivity contribution < 1.29 is 19.1 Å². The second kappa shape index (κ2) is 8.26. The molecule has 2 amide bonds. The Morgan fingerprint density at radius 3 is 2.93 bits per heavy atom. The van der Waals surface area contributed by atoms with E-state index in [0.29, 0.717) is 16.6 Å². The van der Waals surface area contributed by atoms with Gasteiger partial charge in [0.25, 0.3) is 5.91 Å². The molecule has 0 aliphatic carbocycles. The van der Waals surface area contributed by atoms with Crippen molar-refractivity contribution in [2.75, 3.05) is 43.1 Å². The van der Waals surface area contributed by atoms with E-state index in [0.717, 1.165) is 38.5 Å². The van der Waals surface area contributed by atoms with Crippen molar-refractivity contribution in [2.24, 2.45) is 0 Å². The Kier molecular flexibility index (Phi) is 5.56. The number of para-hydroxylation sites is 2. The van der Waals surface area contributed by atoms with Crippen LogP contribution in [0.15, 0.2) is 29.6 Å². The van der Waals surface area contributed by atoms with E-state index in [1.54, 1.807) is 19.1 Å². The van der Waals surface area contributed by atoms with Crippen molar-refractivity contribution in [2.45, 2.75) is 19.6 Å². The normalized spacial score (nSPS) is 19.8. The van der Waals surface area contributed by atoms with E-state index in [9.17, 15) is 9.59 Å². The summed E-state index contributed by atoms with van der Waals surface area (Å²) in [6.07, 6.45) is -0.623. The summed E-state index contributed by atoms with van der Waals surface area (Å²) < 4.78 is 11.0. The SMILES string of the molecule is C[C@H]1Oc2ccccc2N(CC(=O)Nc2nc(CN3CCOCC3)cs2)C1=O. The van der Waals surface area contributed by atoms with Gasteiger partial charge in [-0.2, -0.15) is 0 Å². The van der Waals surface area contributed by atoms with Gasteiger partial charge in [-0.25, -0.2) is 4.98 Å². The summed E-state index contributed by atoms with van der Waals surface area (Å²) in [4.78, 5) is 33.3. The molecule has 1 N–H and O–H groups in total. The topological polar surface area (TPSA) is 84.0 Å². The molecule has 1 saturated heterocycles. The third kappa shape index (κ3) is 4.16. The minimum Gasteiger partial charge on any atom is -0.479 e. The predicted octanol–water partition coefficient (Wildman–Crippen LogP) is 1.73. The number of thiazole rings is 1. The lowest BCUT2D eigenvalue weighted by atomic mass is 10.2. The van der Waals surface area contributed by atoms with Crippen LogP contribution in [0.5, 0.6) is 5.75 Å². The summed E-state index contributed by atoms with van der Waals surface area (Å²) in [5, 5.41) is 5.29. The smallest absolute Gasteiger partial charge is 0.268 e. The molecule has 1 fully saturated rings. The average Bonchev–Trinajstić information content (AvgIpc) is 3.13. The summed E-state index contributed by atoms with van der Waals surface area (Å²) in [6.45, 7) is 5.58. The number of aromatic nitrogens is 1. The average molecular weight is 402 g/mol. The number of carbonyl (C=O) groups is 2. The maximum absolute atomic E-state index is 12.5. The number of nitrogens with zero attached hydrogens (tertiary/aromatic N) is 3. The molecule has 2 aliphatic heterocycles. The molecule has 2 aromatic rings. The van der Waals surface area contributed by atoms with Gasteiger partial charge in [-0.15, -0.1) is 11.3 Å². The molecule has 1 aromatic heterocycles. The largest absolute Gasteiger partial charge is 0.479 e. The fraction of sp³-hybridized carbons (Fsp3) is 0.421. The van der Waals surface area contributed by atoms with E-state index in [1.165, 1.54) is 16.2 Å². The fourth-order valence-corrected chi connectivity index (χ4v) is 3.97. The first-order chi connectivity index (χ1) is 13.6. The third-order valence-corrected chi connectivity index (χ3v) is 5.47. The molecule has 3 heterocycles. The van der Waals surface area contributed by atoms with Crippen molar-refractivity contribution in [3.05, 3.63) is 35.3 Å². The Bertz CT molecular complexity index is 865. The Morgan fingerprint density at radius 1 is 1.32 bits per heavy atom. The molecule has 8 nitrogen and oxygen atoms in total. The molecule has 0 bridgehead atoms. The molecule has 28 heavy (non-hydrogen) atoms. The first kappa shape index (κ1) is 18.9. The molecule has 148 valence electrons. The highest BCUT2D eigenvalue weighted by molar-refractivity contribution is 7.13. The van der Waals surface area contributed by atoms with E-state index in [-0.39, 0.29) is 18.4 Å². The monoisotopic (exact) mass is 402 g/mol. The van der Waals surface area contributed by atoms with Gasteiger partial charge < -0.3 is 14.8 Å². The van der Waals surface area contributed by atoms with Gasteiger partial charge in [0.15, 0.2) is 11.2 Å². The van der Waals surface area contributed by atoms with Crippen molar-refractivity contribution in [3.8, 4) is 5.75 Å². The van der Waals surface area contributed by atoms with Crippen LogP contribution in [0.2, 0.25) is 0 Å². The predicted molar refractivity (Wildman–Crippen MR) is 106 cm³/mol. The fourth-order valence-electron chi connectivity index (χ4n) is 3.25. The summed E-state index contributed by atoms with van der Waals surface area (Å²) in [5.41, 5.74) is 1.52. The summed E-state index contributed by atoms with van der Waals surface area (Å²) in [6, 6.07) is 7.22. The van der Waals surface area contributed by atoms with Crippen LogP contribution in [0.1, 0.15) is 12.6 Å². The van der Waals surface area contributed by atoms with Gasteiger partial charge in [0, 0.05) is 25.0 Å². The molecule has 0 spiro atoms. The Hall–Kier alpha value is -2.49. The van der Waals surface area contributed by atoms with Crippen molar-refractivity contribution in [1.82, 2.24) is 9.88 Å². The first-order valence-corrected chi connectivity index (χ1v) is 10.1. The van der Waals surface area contributed by atoms with Crippen LogP contribution in [0.3, 0.4) is 0 Å². The van der Waals surface area contributed by atoms with Gasteiger partial charge in [0.2, 0.25) is 5.91 Å². The second-order valence-electron chi connectivity index (χ2n) is 6.73. The maximum Gasteiger partial charge on any atom is 0.268 e. The number of carbonyl (C=O) groups excluding carboxylic acids is 2. The molecule has 4 rings (SSSR count). The third-order valence-electron chi connectivity index (χ3n) is 4.66. The standard InChI is InChI=1S/C19H22N4O4S/c1-13-18(25)23(15-4-2-3-5-16(15)27-13)11-17(24)21-19-20-14(12-28-19)10-22-6-8-26-9-7-22/h2-5,12-13H,6-11H2,1H3,(H,20,21,24)/t13-/m1/s1. The molecule has 9 heteroatoms. The van der Waals surface area contributed by atoms with Gasteiger partial charge in [-0.05, 0) is 19.1 Å². The minimum absolute atomic E-state index is 0.0814. The number of nitrogens with one attached hydrogen (secondary N) is 1. The van der Waals surface area contributed by atoms with Crippen LogP contribution >= 0.6 is 11.3 Å². The Balaban J connectivity index is 1.39. The Labute approximate surface area is 167 Å². The molecule has 1 aromatic carbocycles. The number of fused-ring (bicyclic) bond motifs is 1. The van der Waals surface area contributed by atoms with Gasteiger partial charge in [-0.3, -0.25) is 19.4 Å². The van der Waals surface area contributed by atoms with E-state index in [4.69, 9.17) is 9.47 Å². The number of ether oxygens (including phenoxy) is 2. The van der Waals surface area contributed by atoms with Gasteiger partial charge in [0.05, 0.1) is 24.6 Å². The highest BCUT2D eigenvalue weighted by Crippen LogP contribution is 2.33. The van der Waals surface area contributed by atoms with Gasteiger partial charge >= 0.3 is 0 Å². The first-order valence-electron chi connectivity index (χ1n) is 9.21. The lowest BCUT2D eigenvalue weighted by molar-refractivity contribution is -0.127. The second-order valence-corrected chi connectivity index (χ2v) is 7.59. The molecule has 2 aliphatic rings. The highest BCUT2D eigenvalue weighted by Gasteiger charge is 2.32. The van der Waals surface area contributed by atoms with Gasteiger partial charge in [0.1, 0.15) is 12.3 Å². The summed E-state index contributed by atoms with van der Waals surface area (Å²) in [7, 11) is 0. The van der Waals surface area contributed by atoms with E-state index in [1.807, 2.05) is 17.5 Å². The number of amides is 2. The summed E-state index contributed by atoms with van der Waals surface area (Å²) >= 11 is 1.39. The zero-order valence-electron chi connectivity index (χ0n) is 15.6.